The molecular formula is C14H18FNO3. The van der Waals surface area contributed by atoms with Crippen LogP contribution in [0.3, 0.4) is 0 Å². The first-order valence-electron chi connectivity index (χ1n) is 6.40. The Labute approximate surface area is 111 Å². The first-order chi connectivity index (χ1) is 9.20. The summed E-state index contributed by atoms with van der Waals surface area (Å²) in [6, 6.07) is 4.18. The number of ether oxygens (including phenoxy) is 2. The van der Waals surface area contributed by atoms with Crippen molar-refractivity contribution in [1.29, 1.82) is 0 Å². The minimum Gasteiger partial charge on any atom is -0.496 e. The van der Waals surface area contributed by atoms with E-state index in [1.165, 1.54) is 25.3 Å². The fourth-order valence-electron chi connectivity index (χ4n) is 2.18. The SMILES string of the molecule is COc1ccc(F)cc1COC(=O)C1CCNCC1. The van der Waals surface area contributed by atoms with Gasteiger partial charge in [-0.25, -0.2) is 4.39 Å². The number of esters is 1. The van der Waals surface area contributed by atoms with Gasteiger partial charge >= 0.3 is 5.97 Å². The van der Waals surface area contributed by atoms with Crippen LogP contribution in [0.25, 0.3) is 0 Å². The summed E-state index contributed by atoms with van der Waals surface area (Å²) in [6.45, 7) is 1.72. The third-order valence-electron chi connectivity index (χ3n) is 3.28. The monoisotopic (exact) mass is 267 g/mol. The quantitative estimate of drug-likeness (QED) is 0.846. The van der Waals surface area contributed by atoms with Gasteiger partial charge in [-0.05, 0) is 44.1 Å². The molecule has 1 saturated heterocycles. The van der Waals surface area contributed by atoms with Crippen LogP contribution < -0.4 is 10.1 Å². The van der Waals surface area contributed by atoms with Gasteiger partial charge in [0.05, 0.1) is 13.0 Å². The highest BCUT2D eigenvalue weighted by Crippen LogP contribution is 2.21. The molecule has 104 valence electrons. The molecule has 0 aromatic heterocycles. The van der Waals surface area contributed by atoms with E-state index >= 15 is 0 Å². The molecule has 1 aromatic carbocycles. The number of methoxy groups -OCH3 is 1. The Kier molecular flexibility index (Phi) is 4.74. The third kappa shape index (κ3) is 3.67. The van der Waals surface area contributed by atoms with E-state index in [1.807, 2.05) is 0 Å². The Hall–Kier alpha value is -1.62. The Morgan fingerprint density at radius 3 is 2.84 bits per heavy atom. The highest BCUT2D eigenvalue weighted by atomic mass is 19.1. The molecule has 1 N–H and O–H groups in total. The molecule has 0 spiro atoms. The molecule has 0 radical (unpaired) electrons. The number of benzene rings is 1. The predicted octanol–water partition coefficient (Wildman–Crippen LogP) is 1.88. The van der Waals surface area contributed by atoms with E-state index in [4.69, 9.17) is 9.47 Å². The molecule has 1 aromatic rings. The maximum atomic E-state index is 13.2. The predicted molar refractivity (Wildman–Crippen MR) is 68.3 cm³/mol. The van der Waals surface area contributed by atoms with Crippen molar-refractivity contribution in [3.05, 3.63) is 29.6 Å². The Bertz CT molecular complexity index is 444. The molecule has 0 atom stereocenters. The number of nitrogens with one attached hydrogen (secondary N) is 1. The maximum Gasteiger partial charge on any atom is 0.309 e. The lowest BCUT2D eigenvalue weighted by atomic mass is 9.98. The lowest BCUT2D eigenvalue weighted by Gasteiger charge is -2.21. The van der Waals surface area contributed by atoms with Crippen molar-refractivity contribution in [2.45, 2.75) is 19.4 Å². The van der Waals surface area contributed by atoms with E-state index in [0.717, 1.165) is 25.9 Å². The average Bonchev–Trinajstić information content (AvgIpc) is 2.46. The van der Waals surface area contributed by atoms with Crippen LogP contribution >= 0.6 is 0 Å². The summed E-state index contributed by atoms with van der Waals surface area (Å²) in [4.78, 5) is 11.9. The lowest BCUT2D eigenvalue weighted by Crippen LogP contribution is -2.32. The number of hydrogen-bond acceptors (Lipinski definition) is 4. The van der Waals surface area contributed by atoms with Gasteiger partial charge in [0.25, 0.3) is 0 Å². The summed E-state index contributed by atoms with van der Waals surface area (Å²) in [5, 5.41) is 3.19. The van der Waals surface area contributed by atoms with Gasteiger partial charge < -0.3 is 14.8 Å². The topological polar surface area (TPSA) is 47.6 Å². The lowest BCUT2D eigenvalue weighted by molar-refractivity contribution is -0.150. The fraction of sp³-hybridized carbons (Fsp3) is 0.500. The molecular weight excluding hydrogens is 249 g/mol. The Balaban J connectivity index is 1.94. The summed E-state index contributed by atoms with van der Waals surface area (Å²) in [6.07, 6.45) is 1.58. The second kappa shape index (κ2) is 6.52. The molecule has 1 heterocycles. The van der Waals surface area contributed by atoms with Crippen molar-refractivity contribution in [2.24, 2.45) is 5.92 Å². The van der Waals surface area contributed by atoms with Crippen molar-refractivity contribution >= 4 is 5.97 Å². The van der Waals surface area contributed by atoms with E-state index in [-0.39, 0.29) is 24.3 Å². The van der Waals surface area contributed by atoms with Crippen molar-refractivity contribution in [3.63, 3.8) is 0 Å². The molecule has 0 amide bonds. The zero-order valence-electron chi connectivity index (χ0n) is 10.9. The zero-order valence-corrected chi connectivity index (χ0v) is 10.9. The zero-order chi connectivity index (χ0) is 13.7. The van der Waals surface area contributed by atoms with Crippen molar-refractivity contribution in [1.82, 2.24) is 5.32 Å². The van der Waals surface area contributed by atoms with Gasteiger partial charge in [-0.2, -0.15) is 0 Å². The summed E-state index contributed by atoms with van der Waals surface area (Å²) in [5.74, 6) is -0.109. The van der Waals surface area contributed by atoms with Crippen LogP contribution in [0.4, 0.5) is 4.39 Å². The molecule has 1 aliphatic heterocycles. The minimum atomic E-state index is -0.367. The van der Waals surface area contributed by atoms with Crippen LogP contribution in [0.15, 0.2) is 18.2 Å². The van der Waals surface area contributed by atoms with E-state index in [2.05, 4.69) is 5.32 Å². The summed E-state index contributed by atoms with van der Waals surface area (Å²) in [7, 11) is 1.51. The molecule has 4 nitrogen and oxygen atoms in total. The van der Waals surface area contributed by atoms with Gasteiger partial charge in [0.2, 0.25) is 0 Å². The van der Waals surface area contributed by atoms with E-state index in [9.17, 15) is 9.18 Å². The third-order valence-corrected chi connectivity index (χ3v) is 3.28. The van der Waals surface area contributed by atoms with E-state index < -0.39 is 0 Å². The molecule has 2 rings (SSSR count). The number of hydrogen-bond donors (Lipinski definition) is 1. The van der Waals surface area contributed by atoms with Gasteiger partial charge in [-0.3, -0.25) is 4.79 Å². The van der Waals surface area contributed by atoms with Crippen LogP contribution in [0, 0.1) is 11.7 Å². The number of piperidine rings is 1. The molecule has 19 heavy (non-hydrogen) atoms. The van der Waals surface area contributed by atoms with Crippen molar-refractivity contribution in [3.8, 4) is 5.75 Å². The largest absolute Gasteiger partial charge is 0.496 e. The van der Waals surface area contributed by atoms with Crippen LogP contribution in [0.1, 0.15) is 18.4 Å². The van der Waals surface area contributed by atoms with Crippen LogP contribution in [0.5, 0.6) is 5.75 Å². The van der Waals surface area contributed by atoms with E-state index in [0.29, 0.717) is 11.3 Å². The molecule has 1 fully saturated rings. The maximum absolute atomic E-state index is 13.2. The fourth-order valence-corrected chi connectivity index (χ4v) is 2.18. The van der Waals surface area contributed by atoms with Gasteiger partial charge in [0.15, 0.2) is 0 Å². The molecule has 5 heteroatoms. The second-order valence-electron chi connectivity index (χ2n) is 4.59. The van der Waals surface area contributed by atoms with Crippen molar-refractivity contribution in [2.75, 3.05) is 20.2 Å². The van der Waals surface area contributed by atoms with E-state index in [1.54, 1.807) is 0 Å². The number of carbonyl (C=O) groups excluding carboxylic acids is 1. The standard InChI is InChI=1S/C14H18FNO3/c1-18-13-3-2-12(15)8-11(13)9-19-14(17)10-4-6-16-7-5-10/h2-3,8,10,16H,4-7,9H2,1H3. The average molecular weight is 267 g/mol. The number of halogens is 1. The Morgan fingerprint density at radius 1 is 1.42 bits per heavy atom. The minimum absolute atomic E-state index is 0.0453. The normalized spacial score (nSPS) is 16.1. The Morgan fingerprint density at radius 2 is 2.16 bits per heavy atom. The molecule has 0 saturated carbocycles. The first-order valence-corrected chi connectivity index (χ1v) is 6.40. The summed E-state index contributed by atoms with van der Waals surface area (Å²) < 4.78 is 23.5. The molecule has 0 unspecified atom stereocenters. The number of rotatable bonds is 4. The molecule has 1 aliphatic rings. The highest BCUT2D eigenvalue weighted by Gasteiger charge is 2.22. The van der Waals surface area contributed by atoms with Gasteiger partial charge in [0.1, 0.15) is 18.2 Å². The molecule has 0 bridgehead atoms. The van der Waals surface area contributed by atoms with Crippen LogP contribution in [0.2, 0.25) is 0 Å². The van der Waals surface area contributed by atoms with Gasteiger partial charge in [-0.15, -0.1) is 0 Å². The van der Waals surface area contributed by atoms with Crippen LogP contribution in [-0.2, 0) is 16.1 Å². The molecule has 0 aliphatic carbocycles. The second-order valence-corrected chi connectivity index (χ2v) is 4.59. The highest BCUT2D eigenvalue weighted by molar-refractivity contribution is 5.72. The summed E-state index contributed by atoms with van der Waals surface area (Å²) >= 11 is 0. The smallest absolute Gasteiger partial charge is 0.309 e. The summed E-state index contributed by atoms with van der Waals surface area (Å²) in [5.41, 5.74) is 0.546. The first kappa shape index (κ1) is 13.8. The van der Waals surface area contributed by atoms with Crippen LogP contribution in [-0.4, -0.2) is 26.2 Å². The van der Waals surface area contributed by atoms with Crippen molar-refractivity contribution < 1.29 is 18.7 Å². The van der Waals surface area contributed by atoms with Gasteiger partial charge in [0, 0.05) is 5.56 Å². The van der Waals surface area contributed by atoms with Gasteiger partial charge in [-0.1, -0.05) is 0 Å². The number of carbonyl (C=O) groups is 1.